The van der Waals surface area contributed by atoms with Crippen LogP contribution in [-0.2, 0) is 14.3 Å². The van der Waals surface area contributed by atoms with Crippen LogP contribution >= 0.6 is 0 Å². The second-order valence-corrected chi connectivity index (χ2v) is 8.35. The zero-order valence-electron chi connectivity index (χ0n) is 17.1. The Hall–Kier alpha value is -3.19. The van der Waals surface area contributed by atoms with Crippen molar-refractivity contribution in [2.45, 2.75) is 37.8 Å². The summed E-state index contributed by atoms with van der Waals surface area (Å²) in [7, 11) is 0. The average molecular weight is 404 g/mol. The van der Waals surface area contributed by atoms with Crippen molar-refractivity contribution in [3.8, 4) is 0 Å². The molecule has 5 rings (SSSR count). The molecule has 4 aliphatic rings. The van der Waals surface area contributed by atoms with Gasteiger partial charge in [0, 0.05) is 30.1 Å². The van der Waals surface area contributed by atoms with Crippen molar-refractivity contribution in [2.24, 2.45) is 5.10 Å². The van der Waals surface area contributed by atoms with Gasteiger partial charge in [-0.1, -0.05) is 12.1 Å². The van der Waals surface area contributed by atoms with Crippen molar-refractivity contribution in [1.29, 1.82) is 0 Å². The van der Waals surface area contributed by atoms with Crippen LogP contribution in [-0.4, -0.2) is 41.0 Å². The number of ether oxygens (including phenoxy) is 2. The third-order valence-electron chi connectivity index (χ3n) is 6.02. The van der Waals surface area contributed by atoms with Gasteiger partial charge in [-0.3, -0.25) is 15.2 Å². The average Bonchev–Trinajstić information content (AvgIpc) is 3.10. The molecule has 1 fully saturated rings. The van der Waals surface area contributed by atoms with Crippen LogP contribution in [0.2, 0.25) is 0 Å². The van der Waals surface area contributed by atoms with E-state index in [0.717, 1.165) is 34.6 Å². The van der Waals surface area contributed by atoms with Crippen LogP contribution < -0.4 is 10.7 Å². The summed E-state index contributed by atoms with van der Waals surface area (Å²) in [6.45, 7) is 5.14. The van der Waals surface area contributed by atoms with Gasteiger partial charge in [-0.05, 0) is 55.7 Å². The fourth-order valence-corrected chi connectivity index (χ4v) is 4.28. The highest BCUT2D eigenvalue weighted by molar-refractivity contribution is 6.47. The van der Waals surface area contributed by atoms with Gasteiger partial charge in [0.15, 0.2) is 5.71 Å². The Labute approximate surface area is 175 Å². The molecule has 2 aliphatic heterocycles. The summed E-state index contributed by atoms with van der Waals surface area (Å²) in [6, 6.07) is 3.92. The highest BCUT2D eigenvalue weighted by atomic mass is 16.6. The smallest absolute Gasteiger partial charge is 0.276 e. The Morgan fingerprint density at radius 1 is 1.27 bits per heavy atom. The van der Waals surface area contributed by atoms with Crippen LogP contribution in [0.4, 0.5) is 0 Å². The summed E-state index contributed by atoms with van der Waals surface area (Å²) in [6.07, 6.45) is 12.8. The number of amides is 1. The summed E-state index contributed by atoms with van der Waals surface area (Å²) >= 11 is 0. The summed E-state index contributed by atoms with van der Waals surface area (Å²) in [5, 5.41) is 7.41. The number of carbonyl (C=O) groups excluding carboxylic acids is 1. The zero-order chi connectivity index (χ0) is 20.8. The van der Waals surface area contributed by atoms with Crippen molar-refractivity contribution in [3.05, 3.63) is 71.4 Å². The van der Waals surface area contributed by atoms with Crippen LogP contribution in [0.3, 0.4) is 0 Å². The number of rotatable bonds is 3. The molecule has 0 spiro atoms. The number of fused-ring (bicyclic) bond motifs is 2. The first kappa shape index (κ1) is 18.8. The topological polar surface area (TPSA) is 84.8 Å². The molecular formula is C23H24N4O3. The molecule has 0 radical (unpaired) electrons. The van der Waals surface area contributed by atoms with Crippen molar-refractivity contribution in [3.63, 3.8) is 0 Å². The van der Waals surface area contributed by atoms with E-state index >= 15 is 0 Å². The quantitative estimate of drug-likeness (QED) is 0.809. The summed E-state index contributed by atoms with van der Waals surface area (Å²) in [4.78, 5) is 17.3. The molecule has 0 aromatic carbocycles. The third kappa shape index (κ3) is 3.15. The standard InChI is InChI=1S/C23H24N4O3/c1-22-8-7-15(16-4-3-9-24-14-16)12-18(22)20(26-27-22)21(28)25-17-5-6-19-23(2,13-17)30-11-10-29-19/h3-7,9,12,14,27H,8,10-11,13H2,1-2H3,(H,25,28). The summed E-state index contributed by atoms with van der Waals surface area (Å²) in [5.74, 6) is 0.578. The minimum Gasteiger partial charge on any atom is -0.492 e. The predicted octanol–water partition coefficient (Wildman–Crippen LogP) is 2.61. The van der Waals surface area contributed by atoms with Gasteiger partial charge in [0.05, 0.1) is 12.1 Å². The second kappa shape index (κ2) is 6.95. The number of hydrogen-bond donors (Lipinski definition) is 2. The van der Waals surface area contributed by atoms with Crippen LogP contribution in [0.15, 0.2) is 71.0 Å². The van der Waals surface area contributed by atoms with E-state index < -0.39 is 11.1 Å². The molecule has 0 saturated carbocycles. The number of allylic oxidation sites excluding steroid dienone is 4. The van der Waals surface area contributed by atoms with Gasteiger partial charge in [0.1, 0.15) is 18.0 Å². The van der Waals surface area contributed by atoms with Crippen LogP contribution in [0.1, 0.15) is 32.3 Å². The zero-order valence-corrected chi connectivity index (χ0v) is 17.1. The largest absolute Gasteiger partial charge is 0.492 e. The Balaban J connectivity index is 1.37. The normalized spacial score (nSPS) is 29.6. The molecule has 7 nitrogen and oxygen atoms in total. The molecule has 1 saturated heterocycles. The Bertz CT molecular complexity index is 1050. The van der Waals surface area contributed by atoms with Gasteiger partial charge < -0.3 is 14.8 Å². The first-order chi connectivity index (χ1) is 14.5. The first-order valence-corrected chi connectivity index (χ1v) is 10.1. The molecule has 154 valence electrons. The number of aromatic nitrogens is 1. The molecule has 2 unspecified atom stereocenters. The number of pyridine rings is 1. The van der Waals surface area contributed by atoms with Crippen molar-refractivity contribution in [1.82, 2.24) is 15.7 Å². The fourth-order valence-electron chi connectivity index (χ4n) is 4.28. The lowest BCUT2D eigenvalue weighted by molar-refractivity contribution is -0.115. The Morgan fingerprint density at radius 2 is 2.17 bits per heavy atom. The van der Waals surface area contributed by atoms with Gasteiger partial charge in [0.25, 0.3) is 5.91 Å². The molecule has 1 aromatic heterocycles. The molecule has 7 heteroatoms. The molecule has 3 heterocycles. The lowest BCUT2D eigenvalue weighted by atomic mass is 9.80. The highest BCUT2D eigenvalue weighted by Gasteiger charge is 2.42. The van der Waals surface area contributed by atoms with E-state index in [0.29, 0.717) is 25.3 Å². The Kier molecular flexibility index (Phi) is 4.36. The number of hydrazone groups is 1. The van der Waals surface area contributed by atoms with Crippen LogP contribution in [0, 0.1) is 0 Å². The monoisotopic (exact) mass is 404 g/mol. The van der Waals surface area contributed by atoms with E-state index in [2.05, 4.69) is 33.8 Å². The lowest BCUT2D eigenvalue weighted by Crippen LogP contribution is -2.44. The number of nitrogens with zero attached hydrogens (tertiary/aromatic N) is 2. The Morgan fingerprint density at radius 3 is 3.00 bits per heavy atom. The van der Waals surface area contributed by atoms with Crippen LogP contribution in [0.25, 0.3) is 5.57 Å². The maximum Gasteiger partial charge on any atom is 0.276 e. The van der Waals surface area contributed by atoms with Gasteiger partial charge in [-0.2, -0.15) is 5.10 Å². The number of hydrogen-bond acceptors (Lipinski definition) is 6. The molecular weight excluding hydrogens is 380 g/mol. The molecule has 2 N–H and O–H groups in total. The minimum atomic E-state index is -0.541. The van der Waals surface area contributed by atoms with E-state index in [4.69, 9.17) is 9.47 Å². The second-order valence-electron chi connectivity index (χ2n) is 8.35. The van der Waals surface area contributed by atoms with Crippen molar-refractivity contribution >= 4 is 17.2 Å². The highest BCUT2D eigenvalue weighted by Crippen LogP contribution is 2.37. The van der Waals surface area contributed by atoms with Gasteiger partial charge >= 0.3 is 0 Å². The minimum absolute atomic E-state index is 0.228. The van der Waals surface area contributed by atoms with Crippen LogP contribution in [0.5, 0.6) is 0 Å². The van der Waals surface area contributed by atoms with E-state index in [1.165, 1.54) is 0 Å². The SMILES string of the molecule is CC12CC=C(c3cccnc3)C=C1C(C(=O)NC1=CC=C3OCCOC3(C)C1)=NN2. The van der Waals surface area contributed by atoms with Gasteiger partial charge in [-0.25, -0.2) is 0 Å². The van der Waals surface area contributed by atoms with E-state index in [9.17, 15) is 4.79 Å². The predicted molar refractivity (Wildman–Crippen MR) is 113 cm³/mol. The van der Waals surface area contributed by atoms with Crippen molar-refractivity contribution in [2.75, 3.05) is 13.2 Å². The molecule has 2 aliphatic carbocycles. The third-order valence-corrected chi connectivity index (χ3v) is 6.02. The van der Waals surface area contributed by atoms with Gasteiger partial charge in [-0.15, -0.1) is 0 Å². The molecule has 1 amide bonds. The van der Waals surface area contributed by atoms with E-state index in [1.807, 2.05) is 43.5 Å². The number of nitrogens with one attached hydrogen (secondary N) is 2. The molecule has 1 aromatic rings. The van der Waals surface area contributed by atoms with E-state index in [1.54, 1.807) is 6.20 Å². The van der Waals surface area contributed by atoms with E-state index in [-0.39, 0.29) is 5.91 Å². The fraction of sp³-hybridized carbons (Fsp3) is 0.348. The maximum absolute atomic E-state index is 13.1. The molecule has 30 heavy (non-hydrogen) atoms. The molecule has 0 bridgehead atoms. The number of carbonyl (C=O) groups is 1. The molecule has 2 atom stereocenters. The summed E-state index contributed by atoms with van der Waals surface area (Å²) < 4.78 is 11.6. The lowest BCUT2D eigenvalue weighted by Gasteiger charge is -2.38. The maximum atomic E-state index is 13.1. The summed E-state index contributed by atoms with van der Waals surface area (Å²) in [5.41, 5.74) is 6.37. The van der Waals surface area contributed by atoms with Crippen molar-refractivity contribution < 1.29 is 14.3 Å². The first-order valence-electron chi connectivity index (χ1n) is 10.1. The van der Waals surface area contributed by atoms with Gasteiger partial charge in [0.2, 0.25) is 0 Å².